The summed E-state index contributed by atoms with van der Waals surface area (Å²) in [5, 5.41) is 33.0. The van der Waals surface area contributed by atoms with Gasteiger partial charge in [0.25, 0.3) is 0 Å². The maximum Gasteiger partial charge on any atom is 0.407 e. The van der Waals surface area contributed by atoms with Crippen LogP contribution in [0, 0.1) is 0 Å². The Balaban J connectivity index is 1.70. The maximum absolute atomic E-state index is 11.6. The van der Waals surface area contributed by atoms with Crippen molar-refractivity contribution in [1.29, 1.82) is 0 Å². The first kappa shape index (κ1) is 19.9. The van der Waals surface area contributed by atoms with Crippen molar-refractivity contribution in [3.63, 3.8) is 0 Å². The van der Waals surface area contributed by atoms with Gasteiger partial charge in [-0.15, -0.1) is 11.3 Å². The lowest BCUT2D eigenvalue weighted by Crippen LogP contribution is -2.29. The van der Waals surface area contributed by atoms with Gasteiger partial charge in [0, 0.05) is 11.4 Å². The smallest absolute Gasteiger partial charge is 0.407 e. The first-order valence-electron chi connectivity index (χ1n) is 8.05. The Hall–Kier alpha value is -2.42. The van der Waals surface area contributed by atoms with Crippen LogP contribution in [-0.4, -0.2) is 40.0 Å². The van der Waals surface area contributed by atoms with Crippen molar-refractivity contribution in [2.45, 2.75) is 31.7 Å². The molecule has 1 amide bonds. The monoisotopic (exact) mass is 379 g/mol. The summed E-state index contributed by atoms with van der Waals surface area (Å²) in [5.41, 5.74) is 1.33. The number of carboxylic acids is 1. The summed E-state index contributed by atoms with van der Waals surface area (Å²) in [4.78, 5) is 22.9. The number of carbonyl (C=O) groups is 2. The maximum atomic E-state index is 11.6. The van der Waals surface area contributed by atoms with E-state index in [9.17, 15) is 19.8 Å². The average molecular weight is 379 g/mol. The molecule has 2 rings (SSSR count). The first-order valence-corrected chi connectivity index (χ1v) is 8.93. The molecule has 2 unspecified atom stereocenters. The molecular formula is C18H21NO6S. The number of rotatable bonds is 9. The normalized spacial score (nSPS) is 13.0. The Bertz CT molecular complexity index is 717. The van der Waals surface area contributed by atoms with Crippen LogP contribution in [0.3, 0.4) is 0 Å². The number of carbonyl (C=O) groups excluding carboxylic acids is 1. The number of nitrogens with one attached hydrogen (secondary N) is 1. The van der Waals surface area contributed by atoms with Crippen molar-refractivity contribution in [2.75, 3.05) is 6.54 Å². The van der Waals surface area contributed by atoms with E-state index in [1.165, 1.54) is 11.3 Å². The molecule has 0 aliphatic rings. The number of hydrogen-bond donors (Lipinski definition) is 4. The van der Waals surface area contributed by atoms with Crippen LogP contribution in [0.5, 0.6) is 0 Å². The molecule has 4 N–H and O–H groups in total. The van der Waals surface area contributed by atoms with E-state index >= 15 is 0 Å². The second-order valence-electron chi connectivity index (χ2n) is 5.71. The van der Waals surface area contributed by atoms with E-state index in [1.54, 1.807) is 11.4 Å². The Labute approximate surface area is 154 Å². The molecule has 0 spiro atoms. The van der Waals surface area contributed by atoms with Crippen LogP contribution in [0.15, 0.2) is 41.8 Å². The third-order valence-electron chi connectivity index (χ3n) is 3.63. The first-order chi connectivity index (χ1) is 12.5. The van der Waals surface area contributed by atoms with Gasteiger partial charge in [-0.2, -0.15) is 0 Å². The molecule has 140 valence electrons. The van der Waals surface area contributed by atoms with Gasteiger partial charge >= 0.3 is 12.1 Å². The Morgan fingerprint density at radius 1 is 1.19 bits per heavy atom. The van der Waals surface area contributed by atoms with Crippen LogP contribution >= 0.6 is 11.3 Å². The lowest BCUT2D eigenvalue weighted by molar-refractivity contribution is -0.136. The number of benzene rings is 1. The molecule has 2 atom stereocenters. The number of alkyl carbamates (subject to hydrolysis) is 1. The highest BCUT2D eigenvalue weighted by Crippen LogP contribution is 2.25. The van der Waals surface area contributed by atoms with Gasteiger partial charge in [-0.3, -0.25) is 4.79 Å². The van der Waals surface area contributed by atoms with E-state index in [4.69, 9.17) is 9.84 Å². The predicted octanol–water partition coefficient (Wildman–Crippen LogP) is 2.09. The topological polar surface area (TPSA) is 116 Å². The number of thiophene rings is 1. The zero-order valence-electron chi connectivity index (χ0n) is 14.0. The zero-order chi connectivity index (χ0) is 18.9. The van der Waals surface area contributed by atoms with E-state index in [-0.39, 0.29) is 26.0 Å². The molecule has 1 aromatic heterocycles. The molecule has 0 saturated carbocycles. The number of amides is 1. The molecule has 2 aromatic rings. The molecule has 7 nitrogen and oxygen atoms in total. The third-order valence-corrected chi connectivity index (χ3v) is 4.58. The standard InChI is InChI=1S/C18H21NO6S/c20-15(17(23)13-8-14(26-11-13)9-16(21)22)6-7-19-18(24)25-10-12-4-2-1-3-5-12/h1-5,8,11,15,17,20,23H,6-7,9-10H2,(H,19,24)(H,21,22). The summed E-state index contributed by atoms with van der Waals surface area (Å²) in [5.74, 6) is -0.952. The van der Waals surface area contributed by atoms with E-state index in [0.29, 0.717) is 10.4 Å². The summed E-state index contributed by atoms with van der Waals surface area (Å²) in [6, 6.07) is 10.8. The Morgan fingerprint density at radius 3 is 2.62 bits per heavy atom. The van der Waals surface area contributed by atoms with E-state index in [1.807, 2.05) is 30.3 Å². The van der Waals surface area contributed by atoms with Crippen molar-refractivity contribution < 1.29 is 29.6 Å². The highest BCUT2D eigenvalue weighted by atomic mass is 32.1. The van der Waals surface area contributed by atoms with Gasteiger partial charge in [0.05, 0.1) is 12.5 Å². The van der Waals surface area contributed by atoms with E-state index in [0.717, 1.165) is 5.56 Å². The van der Waals surface area contributed by atoms with E-state index < -0.39 is 24.3 Å². The van der Waals surface area contributed by atoms with Crippen LogP contribution < -0.4 is 5.32 Å². The molecule has 0 aliphatic heterocycles. The fraction of sp³-hybridized carbons (Fsp3) is 0.333. The van der Waals surface area contributed by atoms with Gasteiger partial charge in [0.1, 0.15) is 12.7 Å². The molecule has 0 radical (unpaired) electrons. The molecule has 1 heterocycles. The largest absolute Gasteiger partial charge is 0.481 e. The van der Waals surface area contributed by atoms with Gasteiger partial charge in [0.15, 0.2) is 0 Å². The summed E-state index contributed by atoms with van der Waals surface area (Å²) in [6.07, 6.45) is -2.82. The molecule has 0 saturated heterocycles. The van der Waals surface area contributed by atoms with Crippen LogP contribution in [0.1, 0.15) is 28.5 Å². The molecule has 0 bridgehead atoms. The highest BCUT2D eigenvalue weighted by molar-refractivity contribution is 7.10. The number of carboxylic acid groups (broad SMARTS) is 1. The summed E-state index contributed by atoms with van der Waals surface area (Å²) < 4.78 is 5.05. The number of aliphatic hydroxyl groups is 2. The molecule has 0 fully saturated rings. The van der Waals surface area contributed by atoms with Crippen molar-refractivity contribution in [3.05, 3.63) is 57.8 Å². The van der Waals surface area contributed by atoms with Crippen molar-refractivity contribution >= 4 is 23.4 Å². The Morgan fingerprint density at radius 2 is 1.92 bits per heavy atom. The summed E-state index contributed by atoms with van der Waals surface area (Å²) >= 11 is 1.22. The number of ether oxygens (including phenoxy) is 1. The predicted molar refractivity (Wildman–Crippen MR) is 95.9 cm³/mol. The average Bonchev–Trinajstić information content (AvgIpc) is 3.07. The minimum absolute atomic E-state index is 0.123. The van der Waals surface area contributed by atoms with Crippen LogP contribution in [0.25, 0.3) is 0 Å². The molecule has 1 aromatic carbocycles. The number of hydrogen-bond acceptors (Lipinski definition) is 6. The lowest BCUT2D eigenvalue weighted by atomic mass is 10.0. The zero-order valence-corrected chi connectivity index (χ0v) is 14.8. The van der Waals surface area contributed by atoms with Gasteiger partial charge in [-0.25, -0.2) is 4.79 Å². The van der Waals surface area contributed by atoms with Crippen LogP contribution in [0.4, 0.5) is 4.79 Å². The summed E-state index contributed by atoms with van der Waals surface area (Å²) in [6.45, 7) is 0.289. The number of aliphatic carboxylic acids is 1. The van der Waals surface area contributed by atoms with Gasteiger partial charge in [0.2, 0.25) is 0 Å². The van der Waals surface area contributed by atoms with Gasteiger partial charge in [-0.1, -0.05) is 30.3 Å². The van der Waals surface area contributed by atoms with Gasteiger partial charge < -0.3 is 25.4 Å². The second kappa shape index (κ2) is 9.91. The fourth-order valence-corrected chi connectivity index (χ4v) is 3.18. The lowest BCUT2D eigenvalue weighted by Gasteiger charge is -2.17. The van der Waals surface area contributed by atoms with Crippen LogP contribution in [-0.2, 0) is 22.6 Å². The quantitative estimate of drug-likeness (QED) is 0.530. The minimum atomic E-state index is -1.14. The van der Waals surface area contributed by atoms with E-state index in [2.05, 4.69) is 5.32 Å². The van der Waals surface area contributed by atoms with Crippen molar-refractivity contribution in [3.8, 4) is 0 Å². The van der Waals surface area contributed by atoms with Crippen molar-refractivity contribution in [2.24, 2.45) is 0 Å². The Kier molecular flexibility index (Phi) is 7.58. The third kappa shape index (κ3) is 6.47. The minimum Gasteiger partial charge on any atom is -0.481 e. The summed E-state index contributed by atoms with van der Waals surface area (Å²) in [7, 11) is 0. The molecule has 26 heavy (non-hydrogen) atoms. The van der Waals surface area contributed by atoms with Crippen molar-refractivity contribution in [1.82, 2.24) is 5.32 Å². The second-order valence-corrected chi connectivity index (χ2v) is 6.70. The molecular weight excluding hydrogens is 358 g/mol. The SMILES string of the molecule is O=C(O)Cc1cc(C(O)C(O)CCNC(=O)OCc2ccccc2)cs1. The highest BCUT2D eigenvalue weighted by Gasteiger charge is 2.20. The number of aliphatic hydroxyl groups excluding tert-OH is 2. The van der Waals surface area contributed by atoms with Crippen LogP contribution in [0.2, 0.25) is 0 Å². The van der Waals surface area contributed by atoms with Gasteiger partial charge in [-0.05, 0) is 29.0 Å². The molecule has 0 aliphatic carbocycles. The fourth-order valence-electron chi connectivity index (χ4n) is 2.27. The molecule has 8 heteroatoms.